The Kier molecular flexibility index (Phi) is 2.64. The predicted octanol–water partition coefficient (Wildman–Crippen LogP) is 0.136. The van der Waals surface area contributed by atoms with Crippen molar-refractivity contribution in [1.82, 2.24) is 10.6 Å². The van der Waals surface area contributed by atoms with Gasteiger partial charge in [0.05, 0.1) is 19.3 Å². The average Bonchev–Trinajstić information content (AvgIpc) is 2.61. The zero-order valence-electron chi connectivity index (χ0n) is 9.74. The second-order valence-electron chi connectivity index (χ2n) is 5.56. The molecule has 0 bridgehead atoms. The summed E-state index contributed by atoms with van der Waals surface area (Å²) in [5.74, 6) is 2.20. The molecule has 3 rings (SSSR count). The van der Waals surface area contributed by atoms with Crippen LogP contribution in [0.5, 0.6) is 0 Å². The molecule has 1 aliphatic carbocycles. The minimum Gasteiger partial charge on any atom is -0.378 e. The molecule has 2 aliphatic heterocycles. The molecule has 2 saturated heterocycles. The first-order valence-electron chi connectivity index (χ1n) is 6.34. The van der Waals surface area contributed by atoms with Gasteiger partial charge in [-0.2, -0.15) is 0 Å². The Morgan fingerprint density at radius 1 is 1.50 bits per heavy atom. The molecular formula is C12H20N2O2. The average molecular weight is 224 g/mol. The summed E-state index contributed by atoms with van der Waals surface area (Å²) in [5.41, 5.74) is 0. The Morgan fingerprint density at radius 3 is 3.00 bits per heavy atom. The number of amides is 1. The molecule has 2 N–H and O–H groups in total. The lowest BCUT2D eigenvalue weighted by Gasteiger charge is -2.30. The number of nitrogens with one attached hydrogen (secondary N) is 2. The van der Waals surface area contributed by atoms with E-state index >= 15 is 0 Å². The Balaban J connectivity index is 1.57. The molecular weight excluding hydrogens is 204 g/mol. The number of hydrogen-bond acceptors (Lipinski definition) is 3. The van der Waals surface area contributed by atoms with Gasteiger partial charge in [-0.3, -0.25) is 4.79 Å². The largest absolute Gasteiger partial charge is 0.378 e. The van der Waals surface area contributed by atoms with E-state index in [1.54, 1.807) is 0 Å². The van der Waals surface area contributed by atoms with Crippen LogP contribution in [-0.4, -0.2) is 37.7 Å². The lowest BCUT2D eigenvalue weighted by atomic mass is 9.88. The van der Waals surface area contributed by atoms with E-state index < -0.39 is 0 Å². The van der Waals surface area contributed by atoms with Gasteiger partial charge in [-0.25, -0.2) is 0 Å². The summed E-state index contributed by atoms with van der Waals surface area (Å²) in [6.45, 7) is 5.07. The Hall–Kier alpha value is -0.610. The van der Waals surface area contributed by atoms with Gasteiger partial charge in [0.15, 0.2) is 0 Å². The van der Waals surface area contributed by atoms with Gasteiger partial charge in [0.25, 0.3) is 0 Å². The van der Waals surface area contributed by atoms with E-state index in [0.29, 0.717) is 23.9 Å². The summed E-state index contributed by atoms with van der Waals surface area (Å²) in [5, 5.41) is 6.66. The van der Waals surface area contributed by atoms with Crippen molar-refractivity contribution in [1.29, 1.82) is 0 Å². The smallest absolute Gasteiger partial charge is 0.220 e. The van der Waals surface area contributed by atoms with Gasteiger partial charge >= 0.3 is 0 Å². The van der Waals surface area contributed by atoms with Gasteiger partial charge in [0.1, 0.15) is 0 Å². The quantitative estimate of drug-likeness (QED) is 0.717. The van der Waals surface area contributed by atoms with Crippen molar-refractivity contribution < 1.29 is 9.53 Å². The van der Waals surface area contributed by atoms with E-state index in [2.05, 4.69) is 17.6 Å². The molecule has 4 heteroatoms. The fourth-order valence-electron chi connectivity index (χ4n) is 3.42. The molecule has 16 heavy (non-hydrogen) atoms. The van der Waals surface area contributed by atoms with Gasteiger partial charge in [-0.05, 0) is 30.7 Å². The highest BCUT2D eigenvalue weighted by Crippen LogP contribution is 2.41. The van der Waals surface area contributed by atoms with Gasteiger partial charge in [0, 0.05) is 12.5 Å². The van der Waals surface area contributed by atoms with E-state index in [-0.39, 0.29) is 5.91 Å². The molecule has 90 valence electrons. The molecule has 4 nitrogen and oxygen atoms in total. The highest BCUT2D eigenvalue weighted by molar-refractivity contribution is 5.79. The van der Waals surface area contributed by atoms with Crippen molar-refractivity contribution in [2.45, 2.75) is 31.8 Å². The number of rotatable bonds is 3. The lowest BCUT2D eigenvalue weighted by molar-refractivity contribution is -0.119. The van der Waals surface area contributed by atoms with Crippen LogP contribution in [0.3, 0.4) is 0 Å². The second kappa shape index (κ2) is 4.00. The summed E-state index contributed by atoms with van der Waals surface area (Å²) in [6, 6.07) is 1.00. The molecule has 1 amide bonds. The van der Waals surface area contributed by atoms with Gasteiger partial charge in [0.2, 0.25) is 5.91 Å². The maximum Gasteiger partial charge on any atom is 0.220 e. The van der Waals surface area contributed by atoms with E-state index in [1.165, 1.54) is 0 Å². The maximum absolute atomic E-state index is 11.4. The van der Waals surface area contributed by atoms with Crippen LogP contribution in [0.1, 0.15) is 19.8 Å². The minimum absolute atomic E-state index is 0.249. The lowest BCUT2D eigenvalue weighted by Crippen LogP contribution is -2.48. The monoisotopic (exact) mass is 224 g/mol. The van der Waals surface area contributed by atoms with E-state index in [1.807, 2.05) is 0 Å². The number of fused-ring (bicyclic) bond motifs is 1. The molecule has 3 aliphatic rings. The third-order valence-corrected chi connectivity index (χ3v) is 4.47. The highest BCUT2D eigenvalue weighted by atomic mass is 16.5. The molecule has 0 unspecified atom stereocenters. The van der Waals surface area contributed by atoms with Crippen LogP contribution >= 0.6 is 0 Å². The molecule has 2 heterocycles. The highest BCUT2D eigenvalue weighted by Gasteiger charge is 2.46. The maximum atomic E-state index is 11.4. The summed E-state index contributed by atoms with van der Waals surface area (Å²) >= 11 is 0. The molecule has 0 aromatic rings. The zero-order chi connectivity index (χ0) is 11.1. The first-order valence-corrected chi connectivity index (χ1v) is 6.34. The van der Waals surface area contributed by atoms with Crippen LogP contribution in [0.25, 0.3) is 0 Å². The third kappa shape index (κ3) is 1.74. The fourth-order valence-corrected chi connectivity index (χ4v) is 3.42. The third-order valence-electron chi connectivity index (χ3n) is 4.47. The molecule has 1 saturated carbocycles. The first kappa shape index (κ1) is 10.5. The van der Waals surface area contributed by atoms with Crippen molar-refractivity contribution in [3.05, 3.63) is 0 Å². The summed E-state index contributed by atoms with van der Waals surface area (Å²) in [4.78, 5) is 11.4. The van der Waals surface area contributed by atoms with Crippen molar-refractivity contribution in [2.24, 2.45) is 17.8 Å². The molecule has 3 fully saturated rings. The standard InChI is InChI=1S/C12H20N2O2/c1-7-2-11-9(3-12(15)14-11)10(7)4-13-8-5-16-6-8/h7-11,13H,2-6H2,1H3,(H,14,15)/t7-,9-,10+,11+/m0/s1. The van der Waals surface area contributed by atoms with Gasteiger partial charge in [-0.15, -0.1) is 0 Å². The van der Waals surface area contributed by atoms with Crippen LogP contribution in [0.2, 0.25) is 0 Å². The van der Waals surface area contributed by atoms with Crippen molar-refractivity contribution >= 4 is 5.91 Å². The number of ether oxygens (including phenoxy) is 1. The molecule has 4 atom stereocenters. The summed E-state index contributed by atoms with van der Waals surface area (Å²) in [7, 11) is 0. The van der Waals surface area contributed by atoms with Crippen molar-refractivity contribution in [3.63, 3.8) is 0 Å². The second-order valence-corrected chi connectivity index (χ2v) is 5.56. The van der Waals surface area contributed by atoms with Crippen LogP contribution < -0.4 is 10.6 Å². The first-order chi connectivity index (χ1) is 7.74. The SMILES string of the molecule is C[C@H]1C[C@H]2NC(=O)C[C@H]2[C@@H]1CNC1COC1. The Bertz CT molecular complexity index is 291. The molecule has 0 spiro atoms. The van der Waals surface area contributed by atoms with Gasteiger partial charge in [-0.1, -0.05) is 6.92 Å². The molecule has 0 aromatic carbocycles. The van der Waals surface area contributed by atoms with Crippen molar-refractivity contribution in [2.75, 3.05) is 19.8 Å². The normalized spacial score (nSPS) is 42.9. The topological polar surface area (TPSA) is 50.4 Å². The predicted molar refractivity (Wildman–Crippen MR) is 59.9 cm³/mol. The van der Waals surface area contributed by atoms with Crippen LogP contribution in [0.15, 0.2) is 0 Å². The van der Waals surface area contributed by atoms with Crippen LogP contribution in [0.4, 0.5) is 0 Å². The Morgan fingerprint density at radius 2 is 2.31 bits per heavy atom. The number of hydrogen-bond donors (Lipinski definition) is 2. The summed E-state index contributed by atoms with van der Waals surface area (Å²) in [6.07, 6.45) is 1.90. The number of carbonyl (C=O) groups excluding carboxylic acids is 1. The van der Waals surface area contributed by atoms with Crippen molar-refractivity contribution in [3.8, 4) is 0 Å². The van der Waals surface area contributed by atoms with Crippen LogP contribution in [-0.2, 0) is 9.53 Å². The van der Waals surface area contributed by atoms with Gasteiger partial charge < -0.3 is 15.4 Å². The fraction of sp³-hybridized carbons (Fsp3) is 0.917. The molecule has 0 aromatic heterocycles. The van der Waals surface area contributed by atoms with E-state index in [4.69, 9.17) is 4.74 Å². The molecule has 0 radical (unpaired) electrons. The number of carbonyl (C=O) groups is 1. The minimum atomic E-state index is 0.249. The zero-order valence-corrected chi connectivity index (χ0v) is 9.74. The van der Waals surface area contributed by atoms with Crippen LogP contribution in [0, 0.1) is 17.8 Å². The van der Waals surface area contributed by atoms with E-state index in [9.17, 15) is 4.79 Å². The Labute approximate surface area is 96.1 Å². The van der Waals surface area contributed by atoms with E-state index in [0.717, 1.165) is 38.5 Å². The summed E-state index contributed by atoms with van der Waals surface area (Å²) < 4.78 is 5.15.